The van der Waals surface area contributed by atoms with E-state index in [1.165, 1.54) is 0 Å². The van der Waals surface area contributed by atoms with Gasteiger partial charge in [-0.1, -0.05) is 23.7 Å². The summed E-state index contributed by atoms with van der Waals surface area (Å²) < 4.78 is 2.19. The van der Waals surface area contributed by atoms with Crippen LogP contribution >= 0.6 is 11.6 Å². The number of aliphatic hydroxyl groups excluding tert-OH is 1. The minimum Gasteiger partial charge on any atom is -0.388 e. The third-order valence-corrected chi connectivity index (χ3v) is 4.05. The molecule has 0 saturated carbocycles. The number of halogens is 1. The summed E-state index contributed by atoms with van der Waals surface area (Å²) in [5.74, 6) is 1.11. The topological polar surface area (TPSA) is 41.3 Å². The van der Waals surface area contributed by atoms with Gasteiger partial charge in [-0.25, -0.2) is 4.98 Å². The number of imidazole rings is 1. The second kappa shape index (κ2) is 5.95. The van der Waals surface area contributed by atoms with Crippen LogP contribution in [0.5, 0.6) is 0 Å². The lowest BCUT2D eigenvalue weighted by molar-refractivity contribution is 0.130. The molecule has 1 aliphatic heterocycles. The largest absolute Gasteiger partial charge is 0.388 e. The van der Waals surface area contributed by atoms with E-state index in [9.17, 15) is 5.11 Å². The predicted molar refractivity (Wildman–Crippen MR) is 78.5 cm³/mol. The van der Waals surface area contributed by atoms with Gasteiger partial charge in [0.05, 0.1) is 12.6 Å². The summed E-state index contributed by atoms with van der Waals surface area (Å²) in [6.07, 6.45) is 4.16. The molecule has 4 nitrogen and oxygen atoms in total. The number of hydrogen-bond donors (Lipinski definition) is 1. The molecule has 1 atom stereocenters. The molecule has 0 bridgehead atoms. The van der Waals surface area contributed by atoms with E-state index in [2.05, 4.69) is 14.5 Å². The lowest BCUT2D eigenvalue weighted by atomic mass is 10.1. The van der Waals surface area contributed by atoms with Gasteiger partial charge in [-0.2, -0.15) is 0 Å². The second-order valence-electron chi connectivity index (χ2n) is 5.17. The molecule has 0 amide bonds. The normalized spacial score (nSPS) is 16.9. The Kier molecular flexibility index (Phi) is 4.05. The summed E-state index contributed by atoms with van der Waals surface area (Å²) in [7, 11) is 0. The molecule has 2 heterocycles. The van der Waals surface area contributed by atoms with Crippen LogP contribution in [-0.4, -0.2) is 32.6 Å². The van der Waals surface area contributed by atoms with E-state index >= 15 is 0 Å². The monoisotopic (exact) mass is 291 g/mol. The highest BCUT2D eigenvalue weighted by atomic mass is 35.5. The van der Waals surface area contributed by atoms with Crippen LogP contribution in [0.15, 0.2) is 36.7 Å². The molecule has 20 heavy (non-hydrogen) atoms. The van der Waals surface area contributed by atoms with Gasteiger partial charge in [-0.3, -0.25) is 4.90 Å². The fraction of sp³-hybridized carbons (Fsp3) is 0.400. The van der Waals surface area contributed by atoms with Gasteiger partial charge >= 0.3 is 0 Å². The summed E-state index contributed by atoms with van der Waals surface area (Å²) in [5, 5.41) is 10.9. The van der Waals surface area contributed by atoms with E-state index in [4.69, 9.17) is 11.6 Å². The molecule has 2 aromatic rings. The van der Waals surface area contributed by atoms with Gasteiger partial charge in [-0.15, -0.1) is 0 Å². The summed E-state index contributed by atoms with van der Waals surface area (Å²) in [6, 6.07) is 7.40. The Morgan fingerprint density at radius 1 is 1.25 bits per heavy atom. The highest BCUT2D eigenvalue weighted by Gasteiger charge is 2.17. The minimum absolute atomic E-state index is 0.436. The van der Waals surface area contributed by atoms with Gasteiger partial charge in [0.2, 0.25) is 0 Å². The Balaban J connectivity index is 1.54. The quantitative estimate of drug-likeness (QED) is 0.941. The summed E-state index contributed by atoms with van der Waals surface area (Å²) in [6.45, 7) is 3.72. The summed E-state index contributed by atoms with van der Waals surface area (Å²) in [5.41, 5.74) is 0.924. The van der Waals surface area contributed by atoms with Crippen molar-refractivity contribution in [3.8, 4) is 0 Å². The number of hydrogen-bond acceptors (Lipinski definition) is 3. The van der Waals surface area contributed by atoms with Crippen molar-refractivity contribution in [2.24, 2.45) is 0 Å². The van der Waals surface area contributed by atoms with E-state index in [-0.39, 0.29) is 0 Å². The molecule has 1 aromatic heterocycles. The van der Waals surface area contributed by atoms with Crippen LogP contribution in [0.4, 0.5) is 0 Å². The van der Waals surface area contributed by atoms with Crippen molar-refractivity contribution in [1.82, 2.24) is 14.5 Å². The Hall–Kier alpha value is -1.36. The first-order valence-electron chi connectivity index (χ1n) is 6.88. The Labute approximate surface area is 123 Å². The third kappa shape index (κ3) is 3.03. The van der Waals surface area contributed by atoms with Crippen molar-refractivity contribution < 1.29 is 5.11 Å². The van der Waals surface area contributed by atoms with Crippen LogP contribution in [0.25, 0.3) is 0 Å². The van der Waals surface area contributed by atoms with Crippen molar-refractivity contribution in [2.45, 2.75) is 25.6 Å². The third-order valence-electron chi connectivity index (χ3n) is 3.80. The van der Waals surface area contributed by atoms with Crippen LogP contribution in [-0.2, 0) is 13.1 Å². The fourth-order valence-electron chi connectivity index (χ4n) is 2.57. The number of aromatic nitrogens is 2. The van der Waals surface area contributed by atoms with Gasteiger partial charge in [0.25, 0.3) is 0 Å². The van der Waals surface area contributed by atoms with Gasteiger partial charge in [0.1, 0.15) is 5.82 Å². The number of nitrogens with zero attached hydrogens (tertiary/aromatic N) is 3. The van der Waals surface area contributed by atoms with Crippen molar-refractivity contribution in [1.29, 1.82) is 0 Å². The second-order valence-corrected chi connectivity index (χ2v) is 5.61. The zero-order chi connectivity index (χ0) is 13.9. The Bertz CT molecular complexity index is 567. The van der Waals surface area contributed by atoms with Gasteiger partial charge in [0, 0.05) is 37.1 Å². The molecule has 3 rings (SSSR count). The summed E-state index contributed by atoms with van der Waals surface area (Å²) >= 11 is 5.85. The van der Waals surface area contributed by atoms with Crippen molar-refractivity contribution in [2.75, 3.05) is 13.1 Å². The molecule has 0 fully saturated rings. The molecular weight excluding hydrogens is 274 g/mol. The molecule has 0 spiro atoms. The first-order chi connectivity index (χ1) is 9.72. The van der Waals surface area contributed by atoms with Gasteiger partial charge < -0.3 is 9.67 Å². The highest BCUT2D eigenvalue weighted by Crippen LogP contribution is 2.20. The molecule has 106 valence electrons. The number of rotatable bonds is 4. The maximum Gasteiger partial charge on any atom is 0.122 e. The molecule has 0 aliphatic carbocycles. The van der Waals surface area contributed by atoms with Crippen LogP contribution in [0, 0.1) is 0 Å². The Morgan fingerprint density at radius 2 is 2.05 bits per heavy atom. The summed E-state index contributed by atoms with van der Waals surface area (Å²) in [4.78, 5) is 6.68. The number of fused-ring (bicyclic) bond motifs is 1. The molecule has 5 heteroatoms. The molecule has 0 saturated heterocycles. The van der Waals surface area contributed by atoms with Gasteiger partial charge in [-0.05, 0) is 24.1 Å². The van der Waals surface area contributed by atoms with E-state index in [0.29, 0.717) is 5.02 Å². The Morgan fingerprint density at radius 3 is 2.85 bits per heavy atom. The molecule has 1 aliphatic rings. The first-order valence-corrected chi connectivity index (χ1v) is 7.26. The molecule has 1 unspecified atom stereocenters. The van der Waals surface area contributed by atoms with E-state index in [1.807, 2.05) is 36.7 Å². The molecule has 1 aromatic carbocycles. The van der Waals surface area contributed by atoms with Crippen LogP contribution in [0.1, 0.15) is 23.9 Å². The van der Waals surface area contributed by atoms with Crippen molar-refractivity contribution >= 4 is 11.6 Å². The minimum atomic E-state index is -0.436. The average molecular weight is 292 g/mol. The first kappa shape index (κ1) is 13.6. The zero-order valence-corrected chi connectivity index (χ0v) is 12.0. The zero-order valence-electron chi connectivity index (χ0n) is 11.2. The number of benzene rings is 1. The van der Waals surface area contributed by atoms with Crippen molar-refractivity contribution in [3.05, 3.63) is 53.1 Å². The average Bonchev–Trinajstić information content (AvgIpc) is 2.93. The van der Waals surface area contributed by atoms with Crippen LogP contribution < -0.4 is 0 Å². The maximum atomic E-state index is 10.2. The molecular formula is C15H18ClN3O. The van der Waals surface area contributed by atoms with E-state index in [0.717, 1.165) is 44.0 Å². The van der Waals surface area contributed by atoms with Crippen LogP contribution in [0.3, 0.4) is 0 Å². The van der Waals surface area contributed by atoms with Crippen LogP contribution in [0.2, 0.25) is 5.02 Å². The molecule has 1 N–H and O–H groups in total. The van der Waals surface area contributed by atoms with E-state index in [1.54, 1.807) is 0 Å². The predicted octanol–water partition coefficient (Wildman–Crippen LogP) is 2.48. The van der Waals surface area contributed by atoms with E-state index < -0.39 is 6.10 Å². The smallest absolute Gasteiger partial charge is 0.122 e. The van der Waals surface area contributed by atoms with Crippen molar-refractivity contribution in [3.63, 3.8) is 0 Å². The molecule has 0 radical (unpaired) electrons. The fourth-order valence-corrected chi connectivity index (χ4v) is 2.70. The maximum absolute atomic E-state index is 10.2. The lowest BCUT2D eigenvalue weighted by Crippen LogP contribution is -2.34. The highest BCUT2D eigenvalue weighted by molar-refractivity contribution is 6.30. The standard InChI is InChI=1S/C15H18ClN3O/c16-13-3-1-12(2-4-13)14(20)5-7-18-9-10-19-8-6-17-15(19)11-18/h1-4,6,8,14,20H,5,7,9-11H2. The SMILES string of the molecule is OC(CCN1CCn2ccnc2C1)c1ccc(Cl)cc1. The number of aliphatic hydroxyl groups is 1. The van der Waals surface area contributed by atoms with Gasteiger partial charge in [0.15, 0.2) is 0 Å². The lowest BCUT2D eigenvalue weighted by Gasteiger charge is -2.28.